The third-order valence-electron chi connectivity index (χ3n) is 5.91. The van der Waals surface area contributed by atoms with Gasteiger partial charge in [-0.2, -0.15) is 5.10 Å². The molecule has 0 atom stereocenters. The van der Waals surface area contributed by atoms with Crippen LogP contribution in [0.2, 0.25) is 0 Å². The molecule has 1 N–H and O–H groups in total. The Labute approximate surface area is 203 Å². The standard InChI is InChI=1S/C26H33N2O2P.BrH/c1-28-22-25(21-27-28)31(23-15-9-7-10-16-23,24-17-11-8-12-18-24)20-14-6-4-2-3-5-13-19-26(29)30;/h7-12,15-18,21-22H,2-6,13-14,19-20H2,1H3;1H. The average molecular weight is 517 g/mol. The van der Waals surface area contributed by atoms with Crippen molar-refractivity contribution in [1.82, 2.24) is 9.78 Å². The van der Waals surface area contributed by atoms with Crippen LogP contribution in [0.5, 0.6) is 0 Å². The van der Waals surface area contributed by atoms with Gasteiger partial charge in [-0.15, -0.1) is 0 Å². The molecule has 1 heterocycles. The van der Waals surface area contributed by atoms with Gasteiger partial charge in [-0.1, -0.05) is 62.1 Å². The number of carboxylic acids is 1. The number of hydrogen-bond acceptors (Lipinski definition) is 2. The van der Waals surface area contributed by atoms with Gasteiger partial charge >= 0.3 is 5.97 Å². The predicted molar refractivity (Wildman–Crippen MR) is 131 cm³/mol. The Hall–Kier alpha value is -1.97. The molecular formula is C26H34BrN2O2P. The average Bonchev–Trinajstić information content (AvgIpc) is 3.23. The first-order valence-corrected chi connectivity index (χ1v) is 13.3. The molecule has 4 nitrogen and oxygen atoms in total. The molecule has 6 heteroatoms. The second kappa shape index (κ2) is 13.5. The van der Waals surface area contributed by atoms with Gasteiger partial charge in [-0.3, -0.25) is 9.48 Å². The molecule has 172 valence electrons. The number of aromatic nitrogens is 2. The maximum absolute atomic E-state index is 10.6. The van der Waals surface area contributed by atoms with Gasteiger partial charge in [0.15, 0.2) is 0 Å². The molecular weight excluding hydrogens is 483 g/mol. The van der Waals surface area contributed by atoms with Crippen molar-refractivity contribution in [3.8, 4) is 0 Å². The third kappa shape index (κ3) is 7.02. The Morgan fingerprint density at radius 1 is 0.812 bits per heavy atom. The Morgan fingerprint density at radius 2 is 1.31 bits per heavy atom. The fraction of sp³-hybridized carbons (Fsp3) is 0.385. The van der Waals surface area contributed by atoms with Gasteiger partial charge < -0.3 is 22.1 Å². The first kappa shape index (κ1) is 26.3. The molecule has 0 aliphatic heterocycles. The van der Waals surface area contributed by atoms with Crippen molar-refractivity contribution in [2.24, 2.45) is 7.05 Å². The van der Waals surface area contributed by atoms with Gasteiger partial charge in [0.1, 0.15) is 23.2 Å². The zero-order chi connectivity index (χ0) is 21.9. The minimum Gasteiger partial charge on any atom is -1.00 e. The highest BCUT2D eigenvalue weighted by Gasteiger charge is 2.45. The largest absolute Gasteiger partial charge is 1.00 e. The molecule has 0 saturated carbocycles. The summed E-state index contributed by atoms with van der Waals surface area (Å²) in [4.78, 5) is 10.6. The van der Waals surface area contributed by atoms with Gasteiger partial charge in [0.05, 0.1) is 18.6 Å². The highest BCUT2D eigenvalue weighted by molar-refractivity contribution is 7.95. The van der Waals surface area contributed by atoms with Crippen LogP contribution < -0.4 is 32.9 Å². The van der Waals surface area contributed by atoms with Crippen molar-refractivity contribution in [2.75, 3.05) is 6.16 Å². The van der Waals surface area contributed by atoms with E-state index in [1.54, 1.807) is 0 Å². The van der Waals surface area contributed by atoms with Gasteiger partial charge in [-0.05, 0) is 43.5 Å². The van der Waals surface area contributed by atoms with Crippen LogP contribution in [-0.4, -0.2) is 27.0 Å². The van der Waals surface area contributed by atoms with Crippen molar-refractivity contribution in [3.63, 3.8) is 0 Å². The first-order valence-electron chi connectivity index (χ1n) is 11.3. The zero-order valence-corrected chi connectivity index (χ0v) is 21.3. The van der Waals surface area contributed by atoms with Gasteiger partial charge in [0, 0.05) is 13.5 Å². The van der Waals surface area contributed by atoms with E-state index in [9.17, 15) is 4.79 Å². The molecule has 3 rings (SSSR count). The van der Waals surface area contributed by atoms with Crippen LogP contribution in [0.15, 0.2) is 73.1 Å². The van der Waals surface area contributed by atoms with Gasteiger partial charge in [0.25, 0.3) is 0 Å². The number of halogens is 1. The molecule has 0 aliphatic carbocycles. The molecule has 0 bridgehead atoms. The number of hydrogen-bond donors (Lipinski definition) is 1. The molecule has 0 fully saturated rings. The molecule has 0 radical (unpaired) electrons. The van der Waals surface area contributed by atoms with E-state index >= 15 is 0 Å². The van der Waals surface area contributed by atoms with E-state index in [2.05, 4.69) is 78.2 Å². The lowest BCUT2D eigenvalue weighted by atomic mass is 10.1. The Morgan fingerprint density at radius 3 is 1.78 bits per heavy atom. The topological polar surface area (TPSA) is 55.1 Å². The van der Waals surface area contributed by atoms with E-state index in [0.29, 0.717) is 6.42 Å². The summed E-state index contributed by atoms with van der Waals surface area (Å²) in [5.74, 6) is -0.683. The molecule has 0 spiro atoms. The minimum absolute atomic E-state index is 0. The fourth-order valence-corrected chi connectivity index (χ4v) is 8.66. The van der Waals surface area contributed by atoms with Crippen LogP contribution in [-0.2, 0) is 11.8 Å². The van der Waals surface area contributed by atoms with Crippen LogP contribution in [0, 0.1) is 0 Å². The van der Waals surface area contributed by atoms with E-state index in [1.165, 1.54) is 41.6 Å². The zero-order valence-electron chi connectivity index (χ0n) is 18.9. The lowest BCUT2D eigenvalue weighted by molar-refractivity contribution is -0.137. The molecule has 0 saturated heterocycles. The summed E-state index contributed by atoms with van der Waals surface area (Å²) in [6.45, 7) is 0. The van der Waals surface area contributed by atoms with E-state index in [1.807, 2.05) is 11.7 Å². The van der Waals surface area contributed by atoms with Crippen molar-refractivity contribution in [2.45, 2.75) is 51.4 Å². The number of unbranched alkanes of at least 4 members (excludes halogenated alkanes) is 6. The summed E-state index contributed by atoms with van der Waals surface area (Å²) in [7, 11) is 0.240. The monoisotopic (exact) mass is 516 g/mol. The first-order chi connectivity index (χ1) is 15.1. The summed E-state index contributed by atoms with van der Waals surface area (Å²) in [5.41, 5.74) is 0. The highest BCUT2D eigenvalue weighted by atomic mass is 79.9. The number of nitrogens with zero attached hydrogens (tertiary/aromatic N) is 2. The molecule has 2 aromatic carbocycles. The summed E-state index contributed by atoms with van der Waals surface area (Å²) in [6.07, 6.45) is 13.5. The molecule has 32 heavy (non-hydrogen) atoms. The Kier molecular flexibility index (Phi) is 11.1. The van der Waals surface area contributed by atoms with E-state index in [4.69, 9.17) is 5.11 Å². The quantitative estimate of drug-likeness (QED) is 0.279. The third-order valence-corrected chi connectivity index (χ3v) is 10.4. The van der Waals surface area contributed by atoms with Crippen LogP contribution in [0.3, 0.4) is 0 Å². The predicted octanol–water partition coefficient (Wildman–Crippen LogP) is 1.92. The number of rotatable bonds is 13. The van der Waals surface area contributed by atoms with E-state index in [0.717, 1.165) is 25.4 Å². The van der Waals surface area contributed by atoms with Gasteiger partial charge in [0.2, 0.25) is 0 Å². The second-order valence-electron chi connectivity index (χ2n) is 8.20. The summed E-state index contributed by atoms with van der Waals surface area (Å²) in [5, 5.41) is 17.5. The number of aryl methyl sites for hydroxylation is 1. The number of carbonyl (C=O) groups is 1. The van der Waals surface area contributed by atoms with E-state index in [-0.39, 0.29) is 17.0 Å². The van der Waals surface area contributed by atoms with Crippen LogP contribution >= 0.6 is 7.26 Å². The Balaban J connectivity index is 0.00000363. The number of aliphatic carboxylic acids is 1. The van der Waals surface area contributed by atoms with Crippen LogP contribution in [0.1, 0.15) is 51.4 Å². The van der Waals surface area contributed by atoms with E-state index < -0.39 is 13.2 Å². The van der Waals surface area contributed by atoms with Crippen molar-refractivity contribution >= 4 is 29.1 Å². The normalized spacial score (nSPS) is 11.2. The van der Waals surface area contributed by atoms with Crippen LogP contribution in [0.4, 0.5) is 0 Å². The molecule has 0 unspecified atom stereocenters. The maximum atomic E-state index is 10.6. The van der Waals surface area contributed by atoms with Crippen molar-refractivity contribution < 1.29 is 26.9 Å². The second-order valence-corrected chi connectivity index (χ2v) is 11.8. The lowest BCUT2D eigenvalue weighted by Crippen LogP contribution is -3.00. The number of benzene rings is 2. The molecule has 0 amide bonds. The Bertz CT molecular complexity index is 892. The number of carboxylic acid groups (broad SMARTS) is 1. The van der Waals surface area contributed by atoms with Crippen molar-refractivity contribution in [1.29, 1.82) is 0 Å². The summed E-state index contributed by atoms with van der Waals surface area (Å²) >= 11 is 0. The minimum atomic E-state index is -1.76. The summed E-state index contributed by atoms with van der Waals surface area (Å²) < 4.78 is 1.92. The highest BCUT2D eigenvalue weighted by Crippen LogP contribution is 2.55. The van der Waals surface area contributed by atoms with Gasteiger partial charge in [-0.25, -0.2) is 0 Å². The smallest absolute Gasteiger partial charge is 0.303 e. The molecule has 0 aliphatic rings. The molecule has 1 aromatic heterocycles. The fourth-order valence-electron chi connectivity index (χ4n) is 4.31. The van der Waals surface area contributed by atoms with Crippen LogP contribution in [0.25, 0.3) is 0 Å². The van der Waals surface area contributed by atoms with Crippen molar-refractivity contribution in [3.05, 3.63) is 73.1 Å². The summed E-state index contributed by atoms with van der Waals surface area (Å²) in [6, 6.07) is 22.0. The lowest BCUT2D eigenvalue weighted by Gasteiger charge is -2.26. The molecule has 3 aromatic rings. The maximum Gasteiger partial charge on any atom is 0.303 e. The SMILES string of the molecule is Cn1cc([P+](CCCCCCCCCC(=O)O)(c2ccccc2)c2ccccc2)cn1.[Br-].